The Hall–Kier alpha value is -2.14. The Labute approximate surface area is 130 Å². The molecule has 0 aliphatic carbocycles. The first-order chi connectivity index (χ1) is 8.83. The molecule has 0 unspecified atom stereocenters. The van der Waals surface area contributed by atoms with Gasteiger partial charge in [-0.05, 0) is 0 Å². The quantitative estimate of drug-likeness (QED) is 0.398. The Kier molecular flexibility index (Phi) is 39.8. The summed E-state index contributed by atoms with van der Waals surface area (Å²) < 4.78 is 0. The van der Waals surface area contributed by atoms with Crippen LogP contribution in [0.15, 0.2) is 83.5 Å². The van der Waals surface area contributed by atoms with Crippen LogP contribution in [0.1, 0.15) is 0 Å². The Bertz CT molecular complexity index is 274. The summed E-state index contributed by atoms with van der Waals surface area (Å²) in [6.07, 6.45) is 0. The molecule has 0 bridgehead atoms. The van der Waals surface area contributed by atoms with Gasteiger partial charge in [-0.25, -0.2) is 0 Å². The maximum Gasteiger partial charge on any atom is 2.00 e. The molecule has 7 nitrogen and oxygen atoms in total. The summed E-state index contributed by atoms with van der Waals surface area (Å²) in [7, 11) is 0. The van der Waals surface area contributed by atoms with E-state index in [0.29, 0.717) is 0 Å². The van der Waals surface area contributed by atoms with E-state index in [1.165, 1.54) is 0 Å². The Morgan fingerprint density at radius 2 is 0.550 bits per heavy atom. The number of hydrogen-bond acceptors (Lipinski definition) is 6. The van der Waals surface area contributed by atoms with Crippen LogP contribution in [0.5, 0.6) is 0 Å². The van der Waals surface area contributed by atoms with Crippen LogP contribution in [0, 0.1) is 20.2 Å². The summed E-state index contributed by atoms with van der Waals surface area (Å²) in [6, 6.07) is 24.0. The average Bonchev–Trinajstić information content (AvgIpc) is 2.45. The summed E-state index contributed by atoms with van der Waals surface area (Å²) in [5.41, 5.74) is 0. The number of hydrogen-bond donors (Lipinski definition) is 0. The van der Waals surface area contributed by atoms with E-state index >= 15 is 0 Å². The molecule has 0 spiro atoms. The van der Waals surface area contributed by atoms with Gasteiger partial charge in [-0.2, -0.15) is 0 Å². The molecule has 8 heteroatoms. The van der Waals surface area contributed by atoms with Gasteiger partial charge in [-0.15, -0.1) is 10.7 Å². The van der Waals surface area contributed by atoms with Crippen molar-refractivity contribution in [1.82, 2.24) is 0 Å². The molecular weight excluding hydrogens is 359 g/mol. The van der Waals surface area contributed by atoms with Crippen LogP contribution in [-0.2, 0) is 20.4 Å². The molecule has 112 valence electrons. The zero-order chi connectivity index (χ0) is 13.9. The van der Waals surface area contributed by atoms with Crippen molar-refractivity contribution in [2.45, 2.75) is 0 Å². The molecular formula is C12H14N2O5Pd. The monoisotopic (exact) mass is 372 g/mol. The smallest absolute Gasteiger partial charge is 0.444 e. The van der Waals surface area contributed by atoms with Crippen LogP contribution < -0.4 is 0 Å². The van der Waals surface area contributed by atoms with E-state index in [0.717, 1.165) is 10.7 Å². The van der Waals surface area contributed by atoms with Gasteiger partial charge in [-0.1, -0.05) is 72.8 Å². The van der Waals surface area contributed by atoms with Crippen molar-refractivity contribution in [3.05, 3.63) is 93.0 Å². The fourth-order valence-electron chi connectivity index (χ4n) is 0.770. The SMILES string of the molecule is O.O=N[O-].O=N[O-].[Pd+2].c1ccccc1.c1ccccc1. The van der Waals surface area contributed by atoms with Gasteiger partial charge in [0.25, 0.3) is 0 Å². The third kappa shape index (κ3) is 36.0. The molecule has 2 aromatic rings. The second kappa shape index (κ2) is 30.2. The minimum absolute atomic E-state index is 0. The van der Waals surface area contributed by atoms with E-state index in [-0.39, 0.29) is 25.9 Å². The molecule has 0 saturated carbocycles. The van der Waals surface area contributed by atoms with Crippen LogP contribution in [-0.4, -0.2) is 5.48 Å². The summed E-state index contributed by atoms with van der Waals surface area (Å²) in [5, 5.41) is 18.0. The molecule has 0 aliphatic rings. The van der Waals surface area contributed by atoms with Crippen LogP contribution >= 0.6 is 0 Å². The van der Waals surface area contributed by atoms with Gasteiger partial charge < -0.3 is 25.7 Å². The van der Waals surface area contributed by atoms with Crippen LogP contribution in [0.2, 0.25) is 0 Å². The Balaban J connectivity index is -0.0000000874. The molecule has 0 fully saturated rings. The maximum atomic E-state index is 8.00. The predicted molar refractivity (Wildman–Crippen MR) is 74.8 cm³/mol. The molecule has 0 saturated heterocycles. The molecule has 0 radical (unpaired) electrons. The van der Waals surface area contributed by atoms with E-state index in [1.54, 1.807) is 0 Å². The Morgan fingerprint density at radius 1 is 0.500 bits per heavy atom. The van der Waals surface area contributed by atoms with Gasteiger partial charge in [0.05, 0.1) is 0 Å². The topological polar surface area (TPSA) is 136 Å². The number of nitrogens with zero attached hydrogens (tertiary/aromatic N) is 2. The molecule has 2 N–H and O–H groups in total. The largest absolute Gasteiger partial charge is 2.00 e. The van der Waals surface area contributed by atoms with Crippen molar-refractivity contribution in [3.8, 4) is 0 Å². The van der Waals surface area contributed by atoms with Crippen molar-refractivity contribution in [2.75, 3.05) is 0 Å². The minimum atomic E-state index is 0. The Morgan fingerprint density at radius 3 is 0.600 bits per heavy atom. The van der Waals surface area contributed by atoms with Crippen molar-refractivity contribution >= 4 is 0 Å². The summed E-state index contributed by atoms with van der Waals surface area (Å²) >= 11 is 0. The maximum absolute atomic E-state index is 8.00. The van der Waals surface area contributed by atoms with Crippen LogP contribution in [0.3, 0.4) is 0 Å². The molecule has 0 heterocycles. The molecule has 20 heavy (non-hydrogen) atoms. The third-order valence-corrected chi connectivity index (χ3v) is 1.33. The fraction of sp³-hybridized carbons (Fsp3) is 0. The van der Waals surface area contributed by atoms with Gasteiger partial charge in [0.2, 0.25) is 0 Å². The van der Waals surface area contributed by atoms with Crippen LogP contribution in [0.25, 0.3) is 0 Å². The van der Waals surface area contributed by atoms with E-state index in [2.05, 4.69) is 0 Å². The standard InChI is InChI=1S/2C6H6.2HNO2.H2O.Pd/c2*1-2-4-6-5-3-1;2*2-1-3;;/h2*1-6H;2*(H,2,3);1H2;/q;;;;;+2/p-2. The molecule has 0 aromatic heterocycles. The normalized spacial score (nSPS) is 6.00. The second-order valence-electron chi connectivity index (χ2n) is 2.46. The van der Waals surface area contributed by atoms with Gasteiger partial charge >= 0.3 is 20.4 Å². The van der Waals surface area contributed by atoms with Crippen molar-refractivity contribution in [2.24, 2.45) is 10.7 Å². The second-order valence-corrected chi connectivity index (χ2v) is 2.46. The van der Waals surface area contributed by atoms with Crippen molar-refractivity contribution in [1.29, 1.82) is 0 Å². The number of rotatable bonds is 0. The van der Waals surface area contributed by atoms with E-state index in [1.807, 2.05) is 72.8 Å². The summed E-state index contributed by atoms with van der Waals surface area (Å²) in [6.45, 7) is 0. The molecule has 2 rings (SSSR count). The van der Waals surface area contributed by atoms with Gasteiger partial charge in [0.15, 0.2) is 0 Å². The average molecular weight is 373 g/mol. The fourth-order valence-corrected chi connectivity index (χ4v) is 0.770. The van der Waals surface area contributed by atoms with Crippen LogP contribution in [0.4, 0.5) is 0 Å². The first-order valence-corrected chi connectivity index (χ1v) is 4.73. The zero-order valence-electron chi connectivity index (χ0n) is 10.3. The van der Waals surface area contributed by atoms with E-state index < -0.39 is 0 Å². The summed E-state index contributed by atoms with van der Waals surface area (Å²) in [5.74, 6) is 0. The number of benzene rings is 2. The molecule has 2 aromatic carbocycles. The van der Waals surface area contributed by atoms with E-state index in [4.69, 9.17) is 20.2 Å². The zero-order valence-corrected chi connectivity index (χ0v) is 11.8. The van der Waals surface area contributed by atoms with Gasteiger partial charge in [0, 0.05) is 0 Å². The molecule has 0 atom stereocenters. The third-order valence-electron chi connectivity index (χ3n) is 1.33. The first-order valence-electron chi connectivity index (χ1n) is 4.73. The summed E-state index contributed by atoms with van der Waals surface area (Å²) in [4.78, 5) is 16.0. The molecule has 0 aliphatic heterocycles. The first kappa shape index (κ1) is 26.4. The predicted octanol–water partition coefficient (Wildman–Crippen LogP) is 3.05. The van der Waals surface area contributed by atoms with Gasteiger partial charge in [-0.3, -0.25) is 0 Å². The van der Waals surface area contributed by atoms with Crippen molar-refractivity contribution in [3.63, 3.8) is 0 Å². The van der Waals surface area contributed by atoms with Gasteiger partial charge in [0.1, 0.15) is 0 Å². The minimum Gasteiger partial charge on any atom is -0.444 e. The molecule has 0 amide bonds. The van der Waals surface area contributed by atoms with Crippen molar-refractivity contribution < 1.29 is 25.9 Å². The van der Waals surface area contributed by atoms with E-state index in [9.17, 15) is 0 Å².